The molecule has 7 aromatic carbocycles. The van der Waals surface area contributed by atoms with E-state index in [1.54, 1.807) is 0 Å². The molecule has 42 heavy (non-hydrogen) atoms. The second-order valence-electron chi connectivity index (χ2n) is 11.0. The number of hydrogen-bond donors (Lipinski definition) is 0. The first-order chi connectivity index (χ1) is 20.7. The summed E-state index contributed by atoms with van der Waals surface area (Å²) >= 11 is 1.89. The van der Waals surface area contributed by atoms with Gasteiger partial charge < -0.3 is 9.32 Å². The summed E-state index contributed by atoms with van der Waals surface area (Å²) in [7, 11) is 0. The Bertz CT molecular complexity index is 2480. The number of aryl methyl sites for hydroxylation is 1. The number of anilines is 3. The normalized spacial score (nSPS) is 11.9. The fourth-order valence-corrected chi connectivity index (χ4v) is 7.71. The highest BCUT2D eigenvalue weighted by atomic mass is 32.1. The molecule has 198 valence electrons. The molecule has 0 fully saturated rings. The van der Waals surface area contributed by atoms with Crippen molar-refractivity contribution in [2.75, 3.05) is 4.90 Å². The van der Waals surface area contributed by atoms with Gasteiger partial charge in [0, 0.05) is 47.4 Å². The fraction of sp³-hybridized carbons (Fsp3) is 0.0256. The number of benzene rings is 7. The van der Waals surface area contributed by atoms with Crippen LogP contribution in [0.25, 0.3) is 63.7 Å². The molecule has 9 aromatic rings. The van der Waals surface area contributed by atoms with Crippen LogP contribution in [0.5, 0.6) is 0 Å². The average Bonchev–Trinajstić information content (AvgIpc) is 3.59. The summed E-state index contributed by atoms with van der Waals surface area (Å²) in [6, 6.07) is 48.2. The van der Waals surface area contributed by atoms with Crippen LogP contribution < -0.4 is 4.90 Å². The number of furan rings is 1. The minimum absolute atomic E-state index is 0.893. The number of thiophene rings is 1. The lowest BCUT2D eigenvalue weighted by Crippen LogP contribution is -2.11. The van der Waals surface area contributed by atoms with Crippen LogP contribution in [0.15, 0.2) is 138 Å². The molecule has 0 aliphatic rings. The predicted octanol–water partition coefficient (Wildman–Crippen LogP) is 12.0. The van der Waals surface area contributed by atoms with Gasteiger partial charge in [-0.25, -0.2) is 0 Å². The van der Waals surface area contributed by atoms with Crippen molar-refractivity contribution in [1.82, 2.24) is 0 Å². The van der Waals surface area contributed by atoms with Gasteiger partial charge in [0.25, 0.3) is 0 Å². The predicted molar refractivity (Wildman–Crippen MR) is 181 cm³/mol. The Kier molecular flexibility index (Phi) is 5.02. The minimum Gasteiger partial charge on any atom is -0.454 e. The van der Waals surface area contributed by atoms with Crippen LogP contribution in [0.1, 0.15) is 5.56 Å². The molecule has 2 nitrogen and oxygen atoms in total. The van der Waals surface area contributed by atoms with Crippen LogP contribution in [-0.2, 0) is 0 Å². The van der Waals surface area contributed by atoms with E-state index in [1.165, 1.54) is 47.3 Å². The third-order valence-electron chi connectivity index (χ3n) is 8.48. The second-order valence-corrected chi connectivity index (χ2v) is 12.1. The molecular formula is C39H25NOS. The average molecular weight is 556 g/mol. The Balaban J connectivity index is 1.42. The van der Waals surface area contributed by atoms with E-state index >= 15 is 0 Å². The van der Waals surface area contributed by atoms with E-state index < -0.39 is 0 Å². The molecule has 0 radical (unpaired) electrons. The number of rotatable bonds is 3. The molecule has 0 N–H and O–H groups in total. The summed E-state index contributed by atoms with van der Waals surface area (Å²) < 4.78 is 9.23. The topological polar surface area (TPSA) is 16.4 Å². The summed E-state index contributed by atoms with van der Waals surface area (Å²) in [5.41, 5.74) is 6.30. The van der Waals surface area contributed by atoms with Crippen LogP contribution in [0.2, 0.25) is 0 Å². The van der Waals surface area contributed by atoms with Crippen molar-refractivity contribution in [1.29, 1.82) is 0 Å². The van der Waals surface area contributed by atoms with Crippen molar-refractivity contribution in [3.63, 3.8) is 0 Å². The van der Waals surface area contributed by atoms with Crippen LogP contribution >= 0.6 is 11.3 Å². The van der Waals surface area contributed by atoms with Crippen LogP contribution in [0, 0.1) is 6.92 Å². The molecule has 3 heteroatoms. The fourth-order valence-electron chi connectivity index (χ4n) is 6.46. The van der Waals surface area contributed by atoms with Crippen LogP contribution in [0.4, 0.5) is 17.1 Å². The Labute approximate surface area is 246 Å². The molecule has 2 heterocycles. The number of fused-ring (bicyclic) bond motifs is 9. The van der Waals surface area contributed by atoms with Crippen molar-refractivity contribution in [2.24, 2.45) is 0 Å². The zero-order valence-corrected chi connectivity index (χ0v) is 23.8. The number of para-hydroxylation sites is 2. The Morgan fingerprint density at radius 2 is 1.21 bits per heavy atom. The van der Waals surface area contributed by atoms with Crippen molar-refractivity contribution in [3.8, 4) is 0 Å². The van der Waals surface area contributed by atoms with Gasteiger partial charge in [-0.2, -0.15) is 0 Å². The second kappa shape index (κ2) is 8.94. The van der Waals surface area contributed by atoms with E-state index in [0.29, 0.717) is 0 Å². The zero-order chi connectivity index (χ0) is 27.8. The molecule has 0 spiro atoms. The molecule has 2 aromatic heterocycles. The maximum Gasteiger partial charge on any atom is 0.159 e. The third kappa shape index (κ3) is 3.44. The highest BCUT2D eigenvalue weighted by Gasteiger charge is 2.23. The third-order valence-corrected chi connectivity index (χ3v) is 9.68. The molecule has 0 aliphatic heterocycles. The standard InChI is InChI=1S/C39H25NOS/c1-24-17-19-27(20-18-24)40(34-15-8-14-30-29-12-6-7-16-36(29)41-38(30)34)35-23-33-32-21-25-9-2-3-10-26(25)22-37(32)42-39(33)31-13-5-4-11-28(31)35/h2-23H,1H3. The highest BCUT2D eigenvalue weighted by Crippen LogP contribution is 2.48. The summed E-state index contributed by atoms with van der Waals surface area (Å²) in [5.74, 6) is 0. The summed E-state index contributed by atoms with van der Waals surface area (Å²) in [6.07, 6.45) is 0. The van der Waals surface area contributed by atoms with E-state index in [1.807, 2.05) is 17.4 Å². The van der Waals surface area contributed by atoms with Gasteiger partial charge in [0.05, 0.1) is 11.4 Å². The van der Waals surface area contributed by atoms with Gasteiger partial charge in [0.1, 0.15) is 5.58 Å². The molecular weight excluding hydrogens is 531 g/mol. The molecule has 0 amide bonds. The highest BCUT2D eigenvalue weighted by molar-refractivity contribution is 7.26. The Morgan fingerprint density at radius 1 is 0.524 bits per heavy atom. The molecule has 0 saturated carbocycles. The number of hydrogen-bond acceptors (Lipinski definition) is 3. The van der Waals surface area contributed by atoms with Crippen LogP contribution in [0.3, 0.4) is 0 Å². The molecule has 0 atom stereocenters. The first-order valence-electron chi connectivity index (χ1n) is 14.3. The first kappa shape index (κ1) is 23.6. The van der Waals surface area contributed by atoms with Gasteiger partial charge >= 0.3 is 0 Å². The summed E-state index contributed by atoms with van der Waals surface area (Å²) in [5, 5.41) is 9.86. The molecule has 9 rings (SSSR count). The maximum atomic E-state index is 6.59. The van der Waals surface area contributed by atoms with E-state index in [0.717, 1.165) is 39.0 Å². The van der Waals surface area contributed by atoms with E-state index in [-0.39, 0.29) is 0 Å². The van der Waals surface area contributed by atoms with Crippen LogP contribution in [-0.4, -0.2) is 0 Å². The van der Waals surface area contributed by atoms with Crippen molar-refractivity contribution in [3.05, 3.63) is 139 Å². The van der Waals surface area contributed by atoms with E-state index in [9.17, 15) is 0 Å². The van der Waals surface area contributed by atoms with Gasteiger partial charge in [0.15, 0.2) is 5.58 Å². The zero-order valence-electron chi connectivity index (χ0n) is 23.0. The first-order valence-corrected chi connectivity index (χ1v) is 15.1. The molecule has 0 saturated heterocycles. The lowest BCUT2D eigenvalue weighted by molar-refractivity contribution is 0.669. The smallest absolute Gasteiger partial charge is 0.159 e. The summed E-state index contributed by atoms with van der Waals surface area (Å²) in [4.78, 5) is 2.39. The van der Waals surface area contributed by atoms with Gasteiger partial charge in [-0.3, -0.25) is 0 Å². The van der Waals surface area contributed by atoms with Crippen molar-refractivity contribution >= 4 is 92.1 Å². The Morgan fingerprint density at radius 3 is 2.05 bits per heavy atom. The van der Waals surface area contributed by atoms with E-state index in [4.69, 9.17) is 4.42 Å². The molecule has 0 unspecified atom stereocenters. The number of nitrogens with zero attached hydrogens (tertiary/aromatic N) is 1. The SMILES string of the molecule is Cc1ccc(N(c2cc3c4cc5ccccc5cc4sc3c3ccccc23)c2cccc3c2oc2ccccc23)cc1. The van der Waals surface area contributed by atoms with Gasteiger partial charge in [-0.1, -0.05) is 96.6 Å². The van der Waals surface area contributed by atoms with Gasteiger partial charge in [-0.05, 0) is 60.2 Å². The lowest BCUT2D eigenvalue weighted by Gasteiger charge is -2.27. The van der Waals surface area contributed by atoms with Gasteiger partial charge in [0.2, 0.25) is 0 Å². The van der Waals surface area contributed by atoms with Gasteiger partial charge in [-0.15, -0.1) is 11.3 Å². The lowest BCUT2D eigenvalue weighted by atomic mass is 10.0. The summed E-state index contributed by atoms with van der Waals surface area (Å²) in [6.45, 7) is 2.14. The van der Waals surface area contributed by atoms with Crippen molar-refractivity contribution < 1.29 is 4.42 Å². The quantitative estimate of drug-likeness (QED) is 0.216. The van der Waals surface area contributed by atoms with E-state index in [2.05, 4.69) is 139 Å². The Hall–Kier alpha value is -5.12. The monoisotopic (exact) mass is 555 g/mol. The van der Waals surface area contributed by atoms with Crippen molar-refractivity contribution in [2.45, 2.75) is 6.92 Å². The largest absolute Gasteiger partial charge is 0.454 e. The minimum atomic E-state index is 0.893. The molecule has 0 bridgehead atoms. The maximum absolute atomic E-state index is 6.59. The molecule has 0 aliphatic carbocycles.